The van der Waals surface area contributed by atoms with Gasteiger partial charge in [-0.25, -0.2) is 8.42 Å². The highest BCUT2D eigenvalue weighted by Gasteiger charge is 2.32. The lowest BCUT2D eigenvalue weighted by atomic mass is 10.2. The SMILES string of the molecule is Cc1c([N+](=O)[O-])cccc1S(=O)(=O)N1CCOC(CN)C1.Cl. The summed E-state index contributed by atoms with van der Waals surface area (Å²) >= 11 is 0. The molecule has 0 spiro atoms. The topological polar surface area (TPSA) is 116 Å². The Morgan fingerprint density at radius 1 is 1.50 bits per heavy atom. The molecular formula is C12H18ClN3O5S. The minimum atomic E-state index is -3.80. The summed E-state index contributed by atoms with van der Waals surface area (Å²) in [5.41, 5.74) is 5.43. The first kappa shape index (κ1) is 18.8. The number of benzene rings is 1. The Kier molecular flexibility index (Phi) is 6.27. The smallest absolute Gasteiger partial charge is 0.273 e. The van der Waals surface area contributed by atoms with Gasteiger partial charge in [-0.2, -0.15) is 4.31 Å². The van der Waals surface area contributed by atoms with Gasteiger partial charge >= 0.3 is 0 Å². The molecule has 1 fully saturated rings. The summed E-state index contributed by atoms with van der Waals surface area (Å²) in [7, 11) is -3.80. The molecule has 8 nitrogen and oxygen atoms in total. The van der Waals surface area contributed by atoms with E-state index in [1.54, 1.807) is 0 Å². The number of sulfonamides is 1. The fourth-order valence-corrected chi connectivity index (χ4v) is 3.97. The molecule has 1 aliphatic heterocycles. The van der Waals surface area contributed by atoms with Gasteiger partial charge in [0.1, 0.15) is 0 Å². The number of nitro groups is 1. The van der Waals surface area contributed by atoms with Gasteiger partial charge in [0, 0.05) is 31.3 Å². The third-order valence-electron chi connectivity index (χ3n) is 3.43. The summed E-state index contributed by atoms with van der Waals surface area (Å²) in [5, 5.41) is 10.9. The summed E-state index contributed by atoms with van der Waals surface area (Å²) in [6, 6.07) is 4.04. The molecule has 0 amide bonds. The Labute approximate surface area is 134 Å². The van der Waals surface area contributed by atoms with Crippen LogP contribution in [0.2, 0.25) is 0 Å². The molecule has 1 aromatic rings. The molecule has 1 saturated heterocycles. The molecule has 1 unspecified atom stereocenters. The van der Waals surface area contributed by atoms with Gasteiger partial charge in [0.2, 0.25) is 10.0 Å². The van der Waals surface area contributed by atoms with Crippen LogP contribution in [-0.2, 0) is 14.8 Å². The molecule has 1 aromatic carbocycles. The van der Waals surface area contributed by atoms with Crippen LogP contribution in [-0.4, -0.2) is 50.0 Å². The Hall–Kier alpha value is -1.26. The number of nitro benzene ring substituents is 1. The van der Waals surface area contributed by atoms with Crippen LogP contribution in [0.5, 0.6) is 0 Å². The van der Waals surface area contributed by atoms with Crippen molar-refractivity contribution in [3.63, 3.8) is 0 Å². The van der Waals surface area contributed by atoms with Gasteiger partial charge in [0.25, 0.3) is 5.69 Å². The number of morpholine rings is 1. The van der Waals surface area contributed by atoms with E-state index in [-0.39, 0.29) is 60.9 Å². The highest BCUT2D eigenvalue weighted by Crippen LogP contribution is 2.27. The number of halogens is 1. The minimum absolute atomic E-state index is 0. The van der Waals surface area contributed by atoms with E-state index >= 15 is 0 Å². The third-order valence-corrected chi connectivity index (χ3v) is 5.44. The maximum atomic E-state index is 12.7. The quantitative estimate of drug-likeness (QED) is 0.629. The summed E-state index contributed by atoms with van der Waals surface area (Å²) in [4.78, 5) is 10.3. The Morgan fingerprint density at radius 2 is 2.18 bits per heavy atom. The lowest BCUT2D eigenvalue weighted by molar-refractivity contribution is -0.385. The van der Waals surface area contributed by atoms with E-state index in [4.69, 9.17) is 10.5 Å². The average molecular weight is 352 g/mol. The molecule has 1 atom stereocenters. The van der Waals surface area contributed by atoms with Crippen LogP contribution < -0.4 is 5.73 Å². The Morgan fingerprint density at radius 3 is 2.77 bits per heavy atom. The molecule has 2 N–H and O–H groups in total. The zero-order valence-electron chi connectivity index (χ0n) is 12.0. The molecule has 124 valence electrons. The second-order valence-electron chi connectivity index (χ2n) is 4.75. The van der Waals surface area contributed by atoms with Crippen LogP contribution in [0.15, 0.2) is 23.1 Å². The molecule has 0 saturated carbocycles. The molecule has 10 heteroatoms. The molecule has 1 aliphatic rings. The lowest BCUT2D eigenvalue weighted by Gasteiger charge is -2.31. The molecular weight excluding hydrogens is 334 g/mol. The Balaban J connectivity index is 0.00000242. The second-order valence-corrected chi connectivity index (χ2v) is 6.66. The zero-order chi connectivity index (χ0) is 15.6. The van der Waals surface area contributed by atoms with Crippen molar-refractivity contribution in [3.05, 3.63) is 33.9 Å². The minimum Gasteiger partial charge on any atom is -0.374 e. The Bertz CT molecular complexity index is 652. The van der Waals surface area contributed by atoms with Crippen molar-refractivity contribution in [2.45, 2.75) is 17.9 Å². The van der Waals surface area contributed by atoms with Crippen molar-refractivity contribution in [3.8, 4) is 0 Å². The third kappa shape index (κ3) is 3.55. The standard InChI is InChI=1S/C12H17N3O5S.ClH/c1-9-11(15(16)17)3-2-4-12(9)21(18,19)14-5-6-20-10(7-13)8-14;/h2-4,10H,5-8,13H2,1H3;1H. The number of nitrogens with zero attached hydrogens (tertiary/aromatic N) is 2. The van der Waals surface area contributed by atoms with E-state index in [0.717, 1.165) is 0 Å². The molecule has 0 aromatic heterocycles. The lowest BCUT2D eigenvalue weighted by Crippen LogP contribution is -2.48. The molecule has 0 radical (unpaired) electrons. The summed E-state index contributed by atoms with van der Waals surface area (Å²) in [5.74, 6) is 0. The summed E-state index contributed by atoms with van der Waals surface area (Å²) < 4.78 is 31.9. The van der Waals surface area contributed by atoms with Crippen molar-refractivity contribution < 1.29 is 18.1 Å². The first-order chi connectivity index (χ1) is 9.87. The molecule has 0 bridgehead atoms. The van der Waals surface area contributed by atoms with Gasteiger partial charge < -0.3 is 10.5 Å². The van der Waals surface area contributed by atoms with Gasteiger partial charge in [-0.05, 0) is 13.0 Å². The highest BCUT2D eigenvalue weighted by atomic mass is 35.5. The fraction of sp³-hybridized carbons (Fsp3) is 0.500. The predicted molar refractivity (Wildman–Crippen MR) is 82.6 cm³/mol. The summed E-state index contributed by atoms with van der Waals surface area (Å²) in [6.07, 6.45) is -0.354. The monoisotopic (exact) mass is 351 g/mol. The van der Waals surface area contributed by atoms with Crippen molar-refractivity contribution >= 4 is 28.1 Å². The van der Waals surface area contributed by atoms with Crippen LogP contribution in [0.1, 0.15) is 5.56 Å². The van der Waals surface area contributed by atoms with Gasteiger partial charge in [-0.1, -0.05) is 6.07 Å². The first-order valence-electron chi connectivity index (χ1n) is 6.43. The van der Waals surface area contributed by atoms with Gasteiger partial charge in [0.15, 0.2) is 0 Å². The summed E-state index contributed by atoms with van der Waals surface area (Å²) in [6.45, 7) is 2.28. The van der Waals surface area contributed by atoms with E-state index in [9.17, 15) is 18.5 Å². The number of rotatable bonds is 4. The van der Waals surface area contributed by atoms with Crippen LogP contribution in [0.25, 0.3) is 0 Å². The molecule has 1 heterocycles. The normalized spacial score (nSPS) is 19.5. The van der Waals surface area contributed by atoms with Crippen molar-refractivity contribution in [1.29, 1.82) is 0 Å². The maximum absolute atomic E-state index is 12.7. The average Bonchev–Trinajstić information content (AvgIpc) is 2.47. The highest BCUT2D eigenvalue weighted by molar-refractivity contribution is 7.89. The largest absolute Gasteiger partial charge is 0.374 e. The van der Waals surface area contributed by atoms with Crippen molar-refractivity contribution in [2.24, 2.45) is 5.73 Å². The van der Waals surface area contributed by atoms with E-state index in [0.29, 0.717) is 0 Å². The number of hydrogen-bond donors (Lipinski definition) is 1. The maximum Gasteiger partial charge on any atom is 0.273 e. The van der Waals surface area contributed by atoms with Crippen LogP contribution in [0.4, 0.5) is 5.69 Å². The number of ether oxygens (including phenoxy) is 1. The van der Waals surface area contributed by atoms with Gasteiger partial charge in [0.05, 0.1) is 22.5 Å². The fourth-order valence-electron chi connectivity index (χ4n) is 2.27. The van der Waals surface area contributed by atoms with Gasteiger partial charge in [-0.15, -0.1) is 12.4 Å². The number of hydrogen-bond acceptors (Lipinski definition) is 6. The van der Waals surface area contributed by atoms with Crippen LogP contribution >= 0.6 is 12.4 Å². The van der Waals surface area contributed by atoms with E-state index < -0.39 is 14.9 Å². The number of nitrogens with two attached hydrogens (primary N) is 1. The zero-order valence-corrected chi connectivity index (χ0v) is 13.6. The van der Waals surface area contributed by atoms with Crippen molar-refractivity contribution in [1.82, 2.24) is 4.31 Å². The predicted octanol–water partition coefficient (Wildman–Crippen LogP) is 0.673. The second kappa shape index (κ2) is 7.34. The van der Waals surface area contributed by atoms with E-state index in [1.165, 1.54) is 29.4 Å². The van der Waals surface area contributed by atoms with Crippen LogP contribution in [0, 0.1) is 17.0 Å². The van der Waals surface area contributed by atoms with Crippen LogP contribution in [0.3, 0.4) is 0 Å². The van der Waals surface area contributed by atoms with E-state index in [2.05, 4.69) is 0 Å². The molecule has 0 aliphatic carbocycles. The first-order valence-corrected chi connectivity index (χ1v) is 7.87. The van der Waals surface area contributed by atoms with Gasteiger partial charge in [-0.3, -0.25) is 10.1 Å². The van der Waals surface area contributed by atoms with Crippen molar-refractivity contribution in [2.75, 3.05) is 26.2 Å². The molecule has 22 heavy (non-hydrogen) atoms. The molecule has 2 rings (SSSR count). The van der Waals surface area contributed by atoms with E-state index in [1.807, 2.05) is 0 Å².